The Kier molecular flexibility index (Phi) is 5.84. The zero-order valence-electron chi connectivity index (χ0n) is 15.2. The van der Waals surface area contributed by atoms with Crippen LogP contribution < -0.4 is 10.2 Å². The Balaban J connectivity index is 1.66. The molecule has 10 heteroatoms. The normalized spacial score (nSPS) is 17.4. The molecule has 1 aromatic heterocycles. The summed E-state index contributed by atoms with van der Waals surface area (Å²) in [7, 11) is 0. The number of carbonyl (C=O) groups excluding carboxylic acids is 2. The molecule has 0 bridgehead atoms. The molecule has 0 radical (unpaired) electrons. The van der Waals surface area contributed by atoms with Crippen molar-refractivity contribution in [2.45, 2.75) is 25.8 Å². The first-order valence-corrected chi connectivity index (χ1v) is 9.06. The van der Waals surface area contributed by atoms with E-state index in [2.05, 4.69) is 10.3 Å². The summed E-state index contributed by atoms with van der Waals surface area (Å²) in [6.45, 7) is 4.45. The van der Waals surface area contributed by atoms with Crippen LogP contribution in [0, 0.1) is 10.1 Å². The lowest BCUT2D eigenvalue weighted by Gasteiger charge is -2.34. The average Bonchev–Trinajstić information content (AvgIpc) is 3.46. The van der Waals surface area contributed by atoms with Crippen molar-refractivity contribution < 1.29 is 19.2 Å². The Labute approximate surface area is 156 Å². The molecule has 0 unspecified atom stereocenters. The van der Waals surface area contributed by atoms with Gasteiger partial charge in [0.25, 0.3) is 5.91 Å². The van der Waals surface area contributed by atoms with Gasteiger partial charge in [0.1, 0.15) is 0 Å². The van der Waals surface area contributed by atoms with Gasteiger partial charge >= 0.3 is 11.7 Å². The summed E-state index contributed by atoms with van der Waals surface area (Å²) < 4.78 is 4.94. The molecule has 1 aliphatic heterocycles. The molecule has 2 fully saturated rings. The smallest absolute Gasteiger partial charge is 0.320 e. The maximum Gasteiger partial charge on any atom is 0.320 e. The number of aromatic nitrogens is 1. The Morgan fingerprint density at radius 1 is 1.33 bits per heavy atom. The molecule has 0 atom stereocenters. The van der Waals surface area contributed by atoms with Crippen molar-refractivity contribution in [3.05, 3.63) is 27.9 Å². The van der Waals surface area contributed by atoms with Crippen molar-refractivity contribution in [2.24, 2.45) is 0 Å². The maximum atomic E-state index is 12.1. The second-order valence-corrected chi connectivity index (χ2v) is 6.64. The van der Waals surface area contributed by atoms with E-state index in [-0.39, 0.29) is 41.5 Å². The molecule has 146 valence electrons. The molecule has 0 aromatic carbocycles. The number of amides is 1. The quantitative estimate of drug-likeness (QED) is 0.416. The molecule has 10 nitrogen and oxygen atoms in total. The second kappa shape index (κ2) is 8.30. The molecule has 2 heterocycles. The summed E-state index contributed by atoms with van der Waals surface area (Å²) in [4.78, 5) is 42.6. The van der Waals surface area contributed by atoms with Crippen LogP contribution in [0.4, 0.5) is 11.5 Å². The number of anilines is 1. The molecule has 0 spiro atoms. The third-order valence-corrected chi connectivity index (χ3v) is 4.55. The number of nitrogens with zero attached hydrogens (tertiary/aromatic N) is 4. The van der Waals surface area contributed by atoms with E-state index in [1.54, 1.807) is 6.92 Å². The number of esters is 1. The third kappa shape index (κ3) is 4.91. The Bertz CT molecular complexity index is 728. The zero-order chi connectivity index (χ0) is 19.4. The predicted molar refractivity (Wildman–Crippen MR) is 96.7 cm³/mol. The molecule has 2 aliphatic rings. The highest BCUT2D eigenvalue weighted by Crippen LogP contribution is 2.28. The van der Waals surface area contributed by atoms with Gasteiger partial charge < -0.3 is 15.0 Å². The first-order valence-electron chi connectivity index (χ1n) is 9.06. The monoisotopic (exact) mass is 377 g/mol. The van der Waals surface area contributed by atoms with E-state index in [1.165, 1.54) is 12.3 Å². The van der Waals surface area contributed by atoms with Crippen LogP contribution in [0.15, 0.2) is 12.3 Å². The van der Waals surface area contributed by atoms with Crippen LogP contribution in [0.5, 0.6) is 0 Å². The summed E-state index contributed by atoms with van der Waals surface area (Å²) in [5, 5.41) is 14.3. The fourth-order valence-electron chi connectivity index (χ4n) is 2.95. The van der Waals surface area contributed by atoms with E-state index < -0.39 is 4.92 Å². The minimum atomic E-state index is -0.513. The molecular formula is C17H23N5O5. The lowest BCUT2D eigenvalue weighted by molar-refractivity contribution is -0.384. The predicted octanol–water partition coefficient (Wildman–Crippen LogP) is 0.567. The van der Waals surface area contributed by atoms with Crippen molar-refractivity contribution in [2.75, 3.05) is 44.2 Å². The van der Waals surface area contributed by atoms with Gasteiger partial charge in [-0.15, -0.1) is 0 Å². The van der Waals surface area contributed by atoms with Crippen LogP contribution >= 0.6 is 0 Å². The van der Waals surface area contributed by atoms with E-state index >= 15 is 0 Å². The van der Waals surface area contributed by atoms with Crippen molar-refractivity contribution in [1.82, 2.24) is 15.2 Å². The molecule has 1 N–H and O–H groups in total. The molecule has 1 saturated heterocycles. The van der Waals surface area contributed by atoms with E-state index in [1.807, 2.05) is 9.80 Å². The van der Waals surface area contributed by atoms with Crippen molar-refractivity contribution in [3.63, 3.8) is 0 Å². The SMILES string of the molecule is CCOC(=O)CN1CCN(c2ncc(C(=O)NC3CC3)cc2[N+](=O)[O-])CC1. The van der Waals surface area contributed by atoms with E-state index in [0.717, 1.165) is 12.8 Å². The van der Waals surface area contributed by atoms with E-state index in [0.29, 0.717) is 32.8 Å². The second-order valence-electron chi connectivity index (χ2n) is 6.64. The number of nitro groups is 1. The number of nitrogens with one attached hydrogen (secondary N) is 1. The Morgan fingerprint density at radius 3 is 2.63 bits per heavy atom. The van der Waals surface area contributed by atoms with Crippen LogP contribution in [0.2, 0.25) is 0 Å². The van der Waals surface area contributed by atoms with Gasteiger partial charge in [-0.2, -0.15) is 0 Å². The number of hydrogen-bond acceptors (Lipinski definition) is 8. The summed E-state index contributed by atoms with van der Waals surface area (Å²) in [6.07, 6.45) is 3.26. The van der Waals surface area contributed by atoms with Crippen LogP contribution in [0.3, 0.4) is 0 Å². The lowest BCUT2D eigenvalue weighted by atomic mass is 10.2. The fraction of sp³-hybridized carbons (Fsp3) is 0.588. The van der Waals surface area contributed by atoms with Gasteiger partial charge in [-0.05, 0) is 19.8 Å². The molecule has 1 aliphatic carbocycles. The van der Waals surface area contributed by atoms with Gasteiger partial charge in [0, 0.05) is 44.5 Å². The number of rotatable bonds is 7. The third-order valence-electron chi connectivity index (χ3n) is 4.55. The van der Waals surface area contributed by atoms with Gasteiger partial charge in [-0.3, -0.25) is 24.6 Å². The molecule has 1 amide bonds. The molecule has 1 saturated carbocycles. The van der Waals surface area contributed by atoms with Gasteiger partial charge in [0.05, 0.1) is 23.6 Å². The largest absolute Gasteiger partial charge is 0.465 e. The van der Waals surface area contributed by atoms with Crippen molar-refractivity contribution in [1.29, 1.82) is 0 Å². The summed E-state index contributed by atoms with van der Waals surface area (Å²) >= 11 is 0. The van der Waals surface area contributed by atoms with Gasteiger partial charge in [-0.25, -0.2) is 4.98 Å². The lowest BCUT2D eigenvalue weighted by Crippen LogP contribution is -2.48. The molecule has 3 rings (SSSR count). The summed E-state index contributed by atoms with van der Waals surface area (Å²) in [6, 6.07) is 1.45. The number of ether oxygens (including phenoxy) is 1. The molecular weight excluding hydrogens is 354 g/mol. The van der Waals surface area contributed by atoms with Crippen molar-refractivity contribution >= 4 is 23.4 Å². The minimum absolute atomic E-state index is 0.170. The summed E-state index contributed by atoms with van der Waals surface area (Å²) in [5.41, 5.74) is 0.00980. The molecule has 27 heavy (non-hydrogen) atoms. The standard InChI is InChI=1S/C17H23N5O5/c1-2-27-15(23)11-20-5-7-21(8-6-20)16-14(22(25)26)9-12(10-18-16)17(24)19-13-3-4-13/h9-10,13H,2-8,11H2,1H3,(H,19,24). The van der Waals surface area contributed by atoms with E-state index in [4.69, 9.17) is 4.74 Å². The zero-order valence-corrected chi connectivity index (χ0v) is 15.2. The van der Waals surface area contributed by atoms with Gasteiger partial charge in [0.15, 0.2) is 0 Å². The Hall–Kier alpha value is -2.75. The highest BCUT2D eigenvalue weighted by molar-refractivity contribution is 5.95. The Morgan fingerprint density at radius 2 is 2.04 bits per heavy atom. The number of pyridine rings is 1. The highest BCUT2D eigenvalue weighted by Gasteiger charge is 2.29. The highest BCUT2D eigenvalue weighted by atomic mass is 16.6. The first kappa shape index (κ1) is 19.0. The van der Waals surface area contributed by atoms with Crippen LogP contribution in [0.25, 0.3) is 0 Å². The summed E-state index contributed by atoms with van der Waals surface area (Å²) in [5.74, 6) is -0.362. The van der Waals surface area contributed by atoms with Crippen LogP contribution in [-0.4, -0.2) is 72.1 Å². The maximum absolute atomic E-state index is 12.1. The average molecular weight is 377 g/mol. The first-order chi connectivity index (χ1) is 13.0. The minimum Gasteiger partial charge on any atom is -0.465 e. The van der Waals surface area contributed by atoms with Crippen LogP contribution in [0.1, 0.15) is 30.1 Å². The van der Waals surface area contributed by atoms with E-state index in [9.17, 15) is 19.7 Å². The number of piperazine rings is 1. The van der Waals surface area contributed by atoms with Crippen molar-refractivity contribution in [3.8, 4) is 0 Å². The number of carbonyl (C=O) groups is 2. The van der Waals surface area contributed by atoms with Crippen LogP contribution in [-0.2, 0) is 9.53 Å². The van der Waals surface area contributed by atoms with Gasteiger partial charge in [-0.1, -0.05) is 0 Å². The molecule has 1 aromatic rings. The van der Waals surface area contributed by atoms with Gasteiger partial charge in [0.2, 0.25) is 5.82 Å². The topological polar surface area (TPSA) is 118 Å². The number of hydrogen-bond donors (Lipinski definition) is 1. The fourth-order valence-corrected chi connectivity index (χ4v) is 2.95.